The average molecular weight is 385 g/mol. The molecule has 0 N–H and O–H groups in total. The number of hydrogen-bond donors (Lipinski definition) is 0. The third-order valence-electron chi connectivity index (χ3n) is 4.60. The summed E-state index contributed by atoms with van der Waals surface area (Å²) in [5.41, 5.74) is -0.756. The van der Waals surface area contributed by atoms with E-state index in [-0.39, 0.29) is 42.7 Å². The molecular weight excluding hydrogens is 362 g/mol. The summed E-state index contributed by atoms with van der Waals surface area (Å²) in [4.78, 5) is 37.7. The Kier molecular flexibility index (Phi) is 4.72. The number of imide groups is 1. The molecule has 3 rings (SSSR count). The van der Waals surface area contributed by atoms with Gasteiger partial charge in [-0.05, 0) is 27.2 Å². The second kappa shape index (κ2) is 6.45. The van der Waals surface area contributed by atoms with Crippen molar-refractivity contribution < 1.29 is 32.3 Å². The van der Waals surface area contributed by atoms with E-state index in [9.17, 15) is 22.8 Å². The van der Waals surface area contributed by atoms with Crippen LogP contribution in [0.15, 0.2) is 12.2 Å². The SMILES string of the molecule is CC(C)(C)OC(=O)CS(=O)(=O)CCCN1C(=O)C2C3C=CC(O3)C2C1=O. The summed E-state index contributed by atoms with van der Waals surface area (Å²) in [6.07, 6.45) is 2.97. The predicted octanol–water partition coefficient (Wildman–Crippen LogP) is 0.0714. The molecule has 0 aromatic heterocycles. The van der Waals surface area contributed by atoms with E-state index < -0.39 is 39.0 Å². The molecule has 3 heterocycles. The summed E-state index contributed by atoms with van der Waals surface area (Å²) in [6.45, 7) is 5.00. The maximum absolute atomic E-state index is 12.4. The largest absolute Gasteiger partial charge is 0.459 e. The molecule has 0 aromatic rings. The molecule has 8 nitrogen and oxygen atoms in total. The second-order valence-electron chi connectivity index (χ2n) is 7.86. The van der Waals surface area contributed by atoms with E-state index in [4.69, 9.17) is 9.47 Å². The van der Waals surface area contributed by atoms with Crippen molar-refractivity contribution in [1.29, 1.82) is 0 Å². The van der Waals surface area contributed by atoms with Gasteiger partial charge in [0, 0.05) is 6.54 Å². The highest BCUT2D eigenvalue weighted by Crippen LogP contribution is 2.44. The van der Waals surface area contributed by atoms with E-state index in [0.717, 1.165) is 4.90 Å². The number of carbonyl (C=O) groups is 3. The first kappa shape index (κ1) is 19.0. The van der Waals surface area contributed by atoms with Crippen LogP contribution in [0, 0.1) is 11.8 Å². The summed E-state index contributed by atoms with van der Waals surface area (Å²) in [5.74, 6) is -3.39. The Bertz CT molecular complexity index is 734. The van der Waals surface area contributed by atoms with Crippen molar-refractivity contribution in [1.82, 2.24) is 4.90 Å². The predicted molar refractivity (Wildman–Crippen MR) is 90.6 cm³/mol. The Morgan fingerprint density at radius 3 is 2.19 bits per heavy atom. The fraction of sp³-hybridized carbons (Fsp3) is 0.706. The fourth-order valence-electron chi connectivity index (χ4n) is 3.65. The first-order chi connectivity index (χ1) is 12.0. The van der Waals surface area contributed by atoms with Crippen molar-refractivity contribution in [2.24, 2.45) is 11.8 Å². The minimum absolute atomic E-state index is 0.0255. The van der Waals surface area contributed by atoms with E-state index >= 15 is 0 Å². The zero-order chi connectivity index (χ0) is 19.3. The molecule has 26 heavy (non-hydrogen) atoms. The van der Waals surface area contributed by atoms with Gasteiger partial charge in [-0.2, -0.15) is 0 Å². The molecule has 0 aliphatic carbocycles. The number of esters is 1. The molecule has 2 fully saturated rings. The topological polar surface area (TPSA) is 107 Å². The number of hydrogen-bond acceptors (Lipinski definition) is 7. The minimum atomic E-state index is -3.67. The highest BCUT2D eigenvalue weighted by Gasteiger charge is 2.60. The van der Waals surface area contributed by atoms with Crippen molar-refractivity contribution in [3.8, 4) is 0 Å². The fourth-order valence-corrected chi connectivity index (χ4v) is 4.78. The Labute approximate surface area is 152 Å². The van der Waals surface area contributed by atoms with E-state index in [1.807, 2.05) is 0 Å². The lowest BCUT2D eigenvalue weighted by Gasteiger charge is -2.19. The molecule has 0 spiro atoms. The smallest absolute Gasteiger partial charge is 0.321 e. The quantitative estimate of drug-likeness (QED) is 0.362. The van der Waals surface area contributed by atoms with Crippen LogP contribution >= 0.6 is 0 Å². The first-order valence-electron chi connectivity index (χ1n) is 8.60. The number of carbonyl (C=O) groups excluding carboxylic acids is 3. The summed E-state index contributed by atoms with van der Waals surface area (Å²) in [5, 5.41) is 0. The van der Waals surface area contributed by atoms with Gasteiger partial charge in [-0.3, -0.25) is 19.3 Å². The Balaban J connectivity index is 1.51. The van der Waals surface area contributed by atoms with Gasteiger partial charge >= 0.3 is 5.97 Å². The number of rotatable bonds is 6. The Hall–Kier alpha value is -1.74. The number of ether oxygens (including phenoxy) is 2. The van der Waals surface area contributed by atoms with Gasteiger partial charge in [0.25, 0.3) is 0 Å². The van der Waals surface area contributed by atoms with Crippen LogP contribution in [0.2, 0.25) is 0 Å². The van der Waals surface area contributed by atoms with Gasteiger partial charge in [-0.15, -0.1) is 0 Å². The molecule has 3 aliphatic rings. The lowest BCUT2D eigenvalue weighted by atomic mass is 9.85. The van der Waals surface area contributed by atoms with Crippen LogP contribution in [-0.4, -0.2) is 67.0 Å². The molecule has 2 saturated heterocycles. The second-order valence-corrected chi connectivity index (χ2v) is 10.0. The number of fused-ring (bicyclic) bond motifs is 5. The van der Waals surface area contributed by atoms with Crippen molar-refractivity contribution >= 4 is 27.6 Å². The van der Waals surface area contributed by atoms with Crippen molar-refractivity contribution in [3.63, 3.8) is 0 Å². The van der Waals surface area contributed by atoms with E-state index in [1.54, 1.807) is 32.9 Å². The van der Waals surface area contributed by atoms with E-state index in [0.29, 0.717) is 0 Å². The normalized spacial score (nSPS) is 30.2. The van der Waals surface area contributed by atoms with E-state index in [2.05, 4.69) is 0 Å². The Morgan fingerprint density at radius 2 is 1.69 bits per heavy atom. The summed E-state index contributed by atoms with van der Waals surface area (Å²) in [6, 6.07) is 0. The van der Waals surface area contributed by atoms with Crippen molar-refractivity contribution in [3.05, 3.63) is 12.2 Å². The molecule has 0 saturated carbocycles. The molecule has 2 amide bonds. The highest BCUT2D eigenvalue weighted by molar-refractivity contribution is 7.92. The molecule has 144 valence electrons. The van der Waals surface area contributed by atoms with Gasteiger partial charge in [0.05, 0.1) is 29.8 Å². The van der Waals surface area contributed by atoms with Crippen molar-refractivity contribution in [2.75, 3.05) is 18.1 Å². The first-order valence-corrected chi connectivity index (χ1v) is 10.4. The zero-order valence-corrected chi connectivity index (χ0v) is 15.8. The molecule has 2 bridgehead atoms. The molecular formula is C17H23NO7S. The molecule has 0 aromatic carbocycles. The standard InChI is InChI=1S/C17H23NO7S/c1-17(2,3)25-12(19)9-26(22,23)8-4-7-18-15(20)13-10-5-6-11(24-10)14(13)16(18)21/h5-6,10-11,13-14H,4,7-9H2,1-3H3. The third-order valence-corrected chi connectivity index (χ3v) is 6.18. The number of nitrogens with zero attached hydrogens (tertiary/aromatic N) is 1. The van der Waals surface area contributed by atoms with Gasteiger partial charge in [-0.1, -0.05) is 12.2 Å². The monoisotopic (exact) mass is 385 g/mol. The van der Waals surface area contributed by atoms with Crippen LogP contribution in [0.1, 0.15) is 27.2 Å². The molecule has 0 radical (unpaired) electrons. The van der Waals surface area contributed by atoms with E-state index in [1.165, 1.54) is 0 Å². The molecule has 4 unspecified atom stereocenters. The molecule has 9 heteroatoms. The van der Waals surface area contributed by atoms with Crippen LogP contribution in [0.4, 0.5) is 0 Å². The third kappa shape index (κ3) is 3.68. The van der Waals surface area contributed by atoms with Crippen LogP contribution < -0.4 is 0 Å². The molecule has 4 atom stereocenters. The molecule has 3 aliphatic heterocycles. The Morgan fingerprint density at radius 1 is 1.15 bits per heavy atom. The summed E-state index contributed by atoms with van der Waals surface area (Å²) < 4.78 is 34.7. The lowest BCUT2D eigenvalue weighted by Crippen LogP contribution is -2.36. The van der Waals surface area contributed by atoms with Gasteiger partial charge < -0.3 is 9.47 Å². The maximum atomic E-state index is 12.4. The van der Waals surface area contributed by atoms with Gasteiger partial charge in [0.1, 0.15) is 11.4 Å². The van der Waals surface area contributed by atoms with Crippen LogP contribution in [0.25, 0.3) is 0 Å². The van der Waals surface area contributed by atoms with Gasteiger partial charge in [-0.25, -0.2) is 8.42 Å². The maximum Gasteiger partial charge on any atom is 0.321 e. The van der Waals surface area contributed by atoms with Crippen molar-refractivity contribution in [2.45, 2.75) is 45.0 Å². The zero-order valence-electron chi connectivity index (χ0n) is 15.0. The van der Waals surface area contributed by atoms with Crippen LogP contribution in [-0.2, 0) is 33.7 Å². The minimum Gasteiger partial charge on any atom is -0.459 e. The number of likely N-dealkylation sites (tertiary alicyclic amines) is 1. The highest BCUT2D eigenvalue weighted by atomic mass is 32.2. The van der Waals surface area contributed by atoms with Crippen LogP contribution in [0.5, 0.6) is 0 Å². The van der Waals surface area contributed by atoms with Gasteiger partial charge in [0.15, 0.2) is 9.84 Å². The average Bonchev–Trinajstić information content (AvgIpc) is 3.13. The summed E-state index contributed by atoms with van der Waals surface area (Å²) >= 11 is 0. The lowest BCUT2D eigenvalue weighted by molar-refractivity contribution is -0.151. The number of sulfone groups is 1. The van der Waals surface area contributed by atoms with Crippen LogP contribution in [0.3, 0.4) is 0 Å². The summed E-state index contributed by atoms with van der Waals surface area (Å²) in [7, 11) is -3.67. The van der Waals surface area contributed by atoms with Gasteiger partial charge in [0.2, 0.25) is 11.8 Å². The number of amides is 2.